The highest BCUT2D eigenvalue weighted by atomic mass is 16.1. The fraction of sp³-hybridized carbons (Fsp3) is 0.545. The standard InChI is InChI=1S/C11H14N2O/c1-11(2)10(12-7-13-11)8-5-3-4-6-9(8)14/h5,7H,3-4,6H2,1-2H3. The molecular formula is C11H14N2O. The molecule has 0 saturated heterocycles. The van der Waals surface area contributed by atoms with Gasteiger partial charge >= 0.3 is 0 Å². The van der Waals surface area contributed by atoms with Crippen molar-refractivity contribution in [1.82, 2.24) is 0 Å². The first-order valence-electron chi connectivity index (χ1n) is 4.97. The van der Waals surface area contributed by atoms with Gasteiger partial charge in [-0.1, -0.05) is 6.08 Å². The zero-order valence-corrected chi connectivity index (χ0v) is 8.58. The predicted octanol–water partition coefficient (Wildman–Crippen LogP) is 1.93. The molecular weight excluding hydrogens is 176 g/mol. The smallest absolute Gasteiger partial charge is 0.164 e. The highest BCUT2D eigenvalue weighted by Gasteiger charge is 2.32. The van der Waals surface area contributed by atoms with Crippen molar-refractivity contribution in [3.8, 4) is 0 Å². The lowest BCUT2D eigenvalue weighted by Gasteiger charge is -2.21. The van der Waals surface area contributed by atoms with Crippen molar-refractivity contribution in [3.05, 3.63) is 11.6 Å². The van der Waals surface area contributed by atoms with Crippen molar-refractivity contribution in [2.75, 3.05) is 0 Å². The molecule has 0 aromatic rings. The summed E-state index contributed by atoms with van der Waals surface area (Å²) in [6.07, 6.45) is 6.16. The van der Waals surface area contributed by atoms with Crippen LogP contribution in [0, 0.1) is 0 Å². The molecule has 0 radical (unpaired) electrons. The number of aliphatic imine (C=N–C) groups is 2. The van der Waals surface area contributed by atoms with E-state index in [9.17, 15) is 4.79 Å². The van der Waals surface area contributed by atoms with E-state index in [2.05, 4.69) is 9.98 Å². The van der Waals surface area contributed by atoms with Gasteiger partial charge in [-0.3, -0.25) is 9.79 Å². The maximum Gasteiger partial charge on any atom is 0.164 e. The van der Waals surface area contributed by atoms with Gasteiger partial charge in [0.15, 0.2) is 5.78 Å². The molecule has 74 valence electrons. The summed E-state index contributed by atoms with van der Waals surface area (Å²) in [5.74, 6) is 0.216. The van der Waals surface area contributed by atoms with E-state index < -0.39 is 0 Å². The van der Waals surface area contributed by atoms with Gasteiger partial charge in [0.25, 0.3) is 0 Å². The maximum absolute atomic E-state index is 11.7. The molecule has 1 heterocycles. The van der Waals surface area contributed by atoms with Gasteiger partial charge in [0.1, 0.15) is 6.34 Å². The first kappa shape index (κ1) is 9.31. The topological polar surface area (TPSA) is 41.8 Å². The molecule has 0 fully saturated rings. The van der Waals surface area contributed by atoms with Crippen LogP contribution in [0.15, 0.2) is 21.6 Å². The monoisotopic (exact) mass is 190 g/mol. The molecule has 3 nitrogen and oxygen atoms in total. The minimum atomic E-state index is -0.321. The van der Waals surface area contributed by atoms with Gasteiger partial charge in [-0.15, -0.1) is 0 Å². The molecule has 0 spiro atoms. The summed E-state index contributed by atoms with van der Waals surface area (Å²) in [6, 6.07) is 0. The van der Waals surface area contributed by atoms with Crippen LogP contribution in [0.1, 0.15) is 33.1 Å². The third-order valence-electron chi connectivity index (χ3n) is 2.66. The van der Waals surface area contributed by atoms with Gasteiger partial charge in [-0.25, -0.2) is 4.99 Å². The van der Waals surface area contributed by atoms with Gasteiger partial charge in [0, 0.05) is 12.0 Å². The lowest BCUT2D eigenvalue weighted by atomic mass is 9.86. The molecule has 0 atom stereocenters. The SMILES string of the molecule is CC1(C)N=CN=C1C1=CCCCC1=O. The number of nitrogens with zero attached hydrogens (tertiary/aromatic N) is 2. The highest BCUT2D eigenvalue weighted by Crippen LogP contribution is 2.25. The molecule has 1 aliphatic carbocycles. The molecule has 0 saturated carbocycles. The van der Waals surface area contributed by atoms with Crippen molar-refractivity contribution < 1.29 is 4.79 Å². The second-order valence-corrected chi connectivity index (χ2v) is 4.21. The summed E-state index contributed by atoms with van der Waals surface area (Å²) in [5.41, 5.74) is 1.31. The quantitative estimate of drug-likeness (QED) is 0.623. The van der Waals surface area contributed by atoms with E-state index in [1.807, 2.05) is 19.9 Å². The first-order valence-corrected chi connectivity index (χ1v) is 4.97. The molecule has 0 aromatic carbocycles. The van der Waals surface area contributed by atoms with Crippen molar-refractivity contribution in [1.29, 1.82) is 0 Å². The summed E-state index contributed by atoms with van der Waals surface area (Å²) in [4.78, 5) is 20.1. The first-order chi connectivity index (χ1) is 6.61. The van der Waals surface area contributed by atoms with Crippen molar-refractivity contribution in [3.63, 3.8) is 0 Å². The van der Waals surface area contributed by atoms with Crippen molar-refractivity contribution in [2.45, 2.75) is 38.6 Å². The Morgan fingerprint density at radius 3 is 2.79 bits per heavy atom. The van der Waals surface area contributed by atoms with Crippen LogP contribution in [0.3, 0.4) is 0 Å². The summed E-state index contributed by atoms with van der Waals surface area (Å²) >= 11 is 0. The zero-order chi connectivity index (χ0) is 10.2. The number of hydrogen-bond donors (Lipinski definition) is 0. The molecule has 0 amide bonds. The fourth-order valence-corrected chi connectivity index (χ4v) is 1.84. The van der Waals surface area contributed by atoms with Gasteiger partial charge in [-0.2, -0.15) is 0 Å². The summed E-state index contributed by atoms with van der Waals surface area (Å²) in [6.45, 7) is 3.97. The van der Waals surface area contributed by atoms with Crippen LogP contribution in [0.5, 0.6) is 0 Å². The van der Waals surface area contributed by atoms with E-state index in [-0.39, 0.29) is 11.3 Å². The third-order valence-corrected chi connectivity index (χ3v) is 2.66. The van der Waals surface area contributed by atoms with E-state index in [1.165, 1.54) is 0 Å². The molecule has 2 rings (SSSR count). The number of carbonyl (C=O) groups excluding carboxylic acids is 1. The van der Waals surface area contributed by atoms with Crippen molar-refractivity contribution in [2.24, 2.45) is 9.98 Å². The molecule has 2 aliphatic rings. The minimum absolute atomic E-state index is 0.216. The normalized spacial score (nSPS) is 24.9. The minimum Gasteiger partial charge on any atom is -0.294 e. The van der Waals surface area contributed by atoms with E-state index in [1.54, 1.807) is 6.34 Å². The average Bonchev–Trinajstić information content (AvgIpc) is 2.46. The Morgan fingerprint density at radius 2 is 2.21 bits per heavy atom. The summed E-state index contributed by atoms with van der Waals surface area (Å²) in [7, 11) is 0. The third kappa shape index (κ3) is 1.43. The molecule has 0 bridgehead atoms. The number of carbonyl (C=O) groups is 1. The van der Waals surface area contributed by atoms with E-state index in [0.29, 0.717) is 6.42 Å². The number of rotatable bonds is 1. The molecule has 0 aromatic heterocycles. The largest absolute Gasteiger partial charge is 0.294 e. The van der Waals surface area contributed by atoms with Crippen molar-refractivity contribution >= 4 is 17.8 Å². The lowest BCUT2D eigenvalue weighted by Crippen LogP contribution is -2.31. The maximum atomic E-state index is 11.7. The van der Waals surface area contributed by atoms with E-state index in [4.69, 9.17) is 0 Å². The van der Waals surface area contributed by atoms with Gasteiger partial charge in [0.05, 0.1) is 11.3 Å². The Bertz CT molecular complexity index is 361. The molecule has 0 N–H and O–H groups in total. The summed E-state index contributed by atoms with van der Waals surface area (Å²) in [5, 5.41) is 0. The summed E-state index contributed by atoms with van der Waals surface area (Å²) < 4.78 is 0. The van der Waals surface area contributed by atoms with E-state index in [0.717, 1.165) is 24.1 Å². The van der Waals surface area contributed by atoms with Crippen LogP contribution >= 0.6 is 0 Å². The second kappa shape index (κ2) is 3.15. The lowest BCUT2D eigenvalue weighted by molar-refractivity contribution is -0.115. The van der Waals surface area contributed by atoms with Crippen LogP contribution in [0.25, 0.3) is 0 Å². The van der Waals surface area contributed by atoms with Crippen LogP contribution in [-0.4, -0.2) is 23.4 Å². The Labute approximate surface area is 83.6 Å². The van der Waals surface area contributed by atoms with Gasteiger partial charge < -0.3 is 0 Å². The Kier molecular flexibility index (Phi) is 2.10. The van der Waals surface area contributed by atoms with E-state index >= 15 is 0 Å². The Hall–Kier alpha value is -1.25. The second-order valence-electron chi connectivity index (χ2n) is 4.21. The number of allylic oxidation sites excluding steroid dienone is 1. The zero-order valence-electron chi connectivity index (χ0n) is 8.58. The van der Waals surface area contributed by atoms with Crippen LogP contribution in [0.2, 0.25) is 0 Å². The predicted molar refractivity (Wildman–Crippen MR) is 56.9 cm³/mol. The van der Waals surface area contributed by atoms with Gasteiger partial charge in [-0.05, 0) is 26.7 Å². The number of ketones is 1. The highest BCUT2D eigenvalue weighted by molar-refractivity contribution is 6.28. The molecule has 0 unspecified atom stereocenters. The molecule has 1 aliphatic heterocycles. The Balaban J connectivity index is 2.33. The average molecular weight is 190 g/mol. The molecule has 14 heavy (non-hydrogen) atoms. The van der Waals surface area contributed by atoms with Gasteiger partial charge in [0.2, 0.25) is 0 Å². The van der Waals surface area contributed by atoms with Crippen LogP contribution in [0.4, 0.5) is 0 Å². The number of hydrogen-bond acceptors (Lipinski definition) is 3. The van der Waals surface area contributed by atoms with Crippen LogP contribution in [-0.2, 0) is 4.79 Å². The fourth-order valence-electron chi connectivity index (χ4n) is 1.84. The molecule has 3 heteroatoms. The Morgan fingerprint density at radius 1 is 1.43 bits per heavy atom. The number of Topliss-reactive ketones (excluding diaryl/α,β-unsaturated/α-hetero) is 1. The van der Waals surface area contributed by atoms with Crippen LogP contribution < -0.4 is 0 Å².